The number of aromatic nitrogens is 1. The molecule has 1 aromatic heterocycles. The molecule has 52 valence electrons. The Morgan fingerprint density at radius 2 is 2.40 bits per heavy atom. The molecule has 0 aliphatic heterocycles. The molecule has 0 aliphatic carbocycles. The maximum atomic E-state index is 12.5. The minimum Gasteiger partial charge on any atom is -0.298 e. The summed E-state index contributed by atoms with van der Waals surface area (Å²) in [5, 5.41) is 0. The Kier molecular flexibility index (Phi) is 2.31. The van der Waals surface area contributed by atoms with Crippen LogP contribution >= 0.6 is 22.6 Å². The summed E-state index contributed by atoms with van der Waals surface area (Å²) >= 11 is 1.76. The second kappa shape index (κ2) is 3.05. The molecule has 0 radical (unpaired) electrons. The first-order chi connectivity index (χ1) is 4.74. The molecule has 0 aliphatic rings. The van der Waals surface area contributed by atoms with Gasteiger partial charge in [-0.2, -0.15) is 0 Å². The van der Waals surface area contributed by atoms with Crippen molar-refractivity contribution in [2.75, 3.05) is 0 Å². The fourth-order valence-corrected chi connectivity index (χ4v) is 0.795. The van der Waals surface area contributed by atoms with E-state index in [1.165, 1.54) is 6.20 Å². The molecule has 0 spiro atoms. The fraction of sp³-hybridized carbons (Fsp3) is 0. The number of aldehydes is 1. The summed E-state index contributed by atoms with van der Waals surface area (Å²) in [7, 11) is 0. The third-order valence-corrected chi connectivity index (χ3v) is 1.75. The van der Waals surface area contributed by atoms with E-state index in [1.807, 2.05) is 0 Å². The number of halogens is 2. The number of hydrogen-bond donors (Lipinski definition) is 0. The Labute approximate surface area is 70.6 Å². The van der Waals surface area contributed by atoms with Crippen molar-refractivity contribution in [2.24, 2.45) is 0 Å². The van der Waals surface area contributed by atoms with Crippen molar-refractivity contribution < 1.29 is 9.18 Å². The Hall–Kier alpha value is -0.520. The topological polar surface area (TPSA) is 30.0 Å². The molecule has 0 bridgehead atoms. The number of hydrogen-bond acceptors (Lipinski definition) is 2. The van der Waals surface area contributed by atoms with Crippen LogP contribution in [0.5, 0.6) is 0 Å². The molecule has 0 atom stereocenters. The van der Waals surface area contributed by atoms with E-state index in [9.17, 15) is 9.18 Å². The van der Waals surface area contributed by atoms with Crippen LogP contribution in [-0.4, -0.2) is 11.3 Å². The van der Waals surface area contributed by atoms with E-state index < -0.39 is 5.82 Å². The molecule has 10 heavy (non-hydrogen) atoms. The molecule has 0 saturated heterocycles. The molecular formula is C6H3FINO. The van der Waals surface area contributed by atoms with Gasteiger partial charge in [0.2, 0.25) is 0 Å². The first-order valence-electron chi connectivity index (χ1n) is 2.50. The van der Waals surface area contributed by atoms with Crippen LogP contribution in [0.1, 0.15) is 10.4 Å². The number of carbonyl (C=O) groups excluding carboxylic acids is 1. The molecule has 0 N–H and O–H groups in total. The summed E-state index contributed by atoms with van der Waals surface area (Å²) in [6.45, 7) is 0. The van der Waals surface area contributed by atoms with Gasteiger partial charge in [0.1, 0.15) is 3.70 Å². The van der Waals surface area contributed by atoms with Crippen LogP contribution in [0.3, 0.4) is 0 Å². The molecular weight excluding hydrogens is 248 g/mol. The van der Waals surface area contributed by atoms with Crippen LogP contribution in [0.15, 0.2) is 12.3 Å². The minimum atomic E-state index is -0.454. The van der Waals surface area contributed by atoms with Crippen LogP contribution in [0.2, 0.25) is 0 Å². The largest absolute Gasteiger partial charge is 0.298 e. The highest BCUT2D eigenvalue weighted by molar-refractivity contribution is 14.1. The van der Waals surface area contributed by atoms with Gasteiger partial charge < -0.3 is 0 Å². The Balaban J connectivity index is 3.16. The number of carbonyl (C=O) groups is 1. The standard InChI is InChI=1S/C6H3FINO/c7-5-1-4(3-10)2-9-6(5)8/h1-3H. The van der Waals surface area contributed by atoms with Gasteiger partial charge >= 0.3 is 0 Å². The summed E-state index contributed by atoms with van der Waals surface area (Å²) in [6.07, 6.45) is 1.89. The highest BCUT2D eigenvalue weighted by atomic mass is 127. The lowest BCUT2D eigenvalue weighted by Crippen LogP contribution is -1.89. The molecule has 0 aromatic carbocycles. The zero-order valence-electron chi connectivity index (χ0n) is 4.84. The van der Waals surface area contributed by atoms with Gasteiger partial charge in [0, 0.05) is 11.8 Å². The van der Waals surface area contributed by atoms with Crippen molar-refractivity contribution in [1.82, 2.24) is 4.98 Å². The summed E-state index contributed by atoms with van der Waals surface area (Å²) in [4.78, 5) is 13.7. The van der Waals surface area contributed by atoms with Crippen molar-refractivity contribution in [3.05, 3.63) is 27.3 Å². The average molecular weight is 251 g/mol. The van der Waals surface area contributed by atoms with Crippen molar-refractivity contribution in [3.8, 4) is 0 Å². The molecule has 2 nitrogen and oxygen atoms in total. The third kappa shape index (κ3) is 1.50. The average Bonchev–Trinajstić information content (AvgIpc) is 1.95. The van der Waals surface area contributed by atoms with Crippen LogP contribution < -0.4 is 0 Å². The summed E-state index contributed by atoms with van der Waals surface area (Å²) in [5.41, 5.74) is 0.262. The third-order valence-electron chi connectivity index (χ3n) is 0.954. The molecule has 1 rings (SSSR count). The number of rotatable bonds is 1. The van der Waals surface area contributed by atoms with Gasteiger partial charge in [-0.15, -0.1) is 0 Å². The molecule has 0 saturated carbocycles. The molecule has 0 fully saturated rings. The summed E-state index contributed by atoms with van der Waals surface area (Å²) in [5.74, 6) is -0.454. The van der Waals surface area contributed by atoms with E-state index in [-0.39, 0.29) is 9.26 Å². The first-order valence-corrected chi connectivity index (χ1v) is 3.58. The minimum absolute atomic E-state index is 0.262. The van der Waals surface area contributed by atoms with Crippen LogP contribution in [0, 0.1) is 9.52 Å². The van der Waals surface area contributed by atoms with Crippen molar-refractivity contribution in [2.45, 2.75) is 0 Å². The maximum absolute atomic E-state index is 12.5. The highest BCUT2D eigenvalue weighted by Crippen LogP contribution is 2.07. The van der Waals surface area contributed by atoms with E-state index in [4.69, 9.17) is 0 Å². The van der Waals surface area contributed by atoms with Crippen LogP contribution in [0.4, 0.5) is 4.39 Å². The Bertz CT molecular complexity index is 264. The molecule has 0 unspecified atom stereocenters. The smallest absolute Gasteiger partial charge is 0.155 e. The van der Waals surface area contributed by atoms with Gasteiger partial charge in [-0.1, -0.05) is 0 Å². The lowest BCUT2D eigenvalue weighted by Gasteiger charge is -1.91. The van der Waals surface area contributed by atoms with Gasteiger partial charge in [-0.25, -0.2) is 9.37 Å². The lowest BCUT2D eigenvalue weighted by atomic mass is 10.3. The second-order valence-corrected chi connectivity index (χ2v) is 2.68. The Morgan fingerprint density at radius 3 is 2.90 bits per heavy atom. The fourth-order valence-electron chi connectivity index (χ4n) is 0.500. The quantitative estimate of drug-likeness (QED) is 0.431. The predicted molar refractivity (Wildman–Crippen MR) is 42.3 cm³/mol. The SMILES string of the molecule is O=Cc1cnc(I)c(F)c1. The van der Waals surface area contributed by atoms with Gasteiger partial charge in [0.05, 0.1) is 0 Å². The summed E-state index contributed by atoms with van der Waals surface area (Å²) in [6, 6.07) is 1.15. The van der Waals surface area contributed by atoms with E-state index in [1.54, 1.807) is 22.6 Å². The molecule has 4 heteroatoms. The van der Waals surface area contributed by atoms with Gasteiger partial charge in [-0.05, 0) is 28.7 Å². The van der Waals surface area contributed by atoms with Crippen molar-refractivity contribution in [3.63, 3.8) is 0 Å². The predicted octanol–water partition coefficient (Wildman–Crippen LogP) is 1.64. The molecule has 1 aromatic rings. The van der Waals surface area contributed by atoms with E-state index in [0.717, 1.165) is 6.07 Å². The first kappa shape index (κ1) is 7.59. The maximum Gasteiger partial charge on any atom is 0.155 e. The normalized spacial score (nSPS) is 9.40. The monoisotopic (exact) mass is 251 g/mol. The van der Waals surface area contributed by atoms with Crippen molar-refractivity contribution in [1.29, 1.82) is 0 Å². The Morgan fingerprint density at radius 1 is 1.70 bits per heavy atom. The molecule has 1 heterocycles. The van der Waals surface area contributed by atoms with Gasteiger partial charge in [-0.3, -0.25) is 4.79 Å². The zero-order chi connectivity index (χ0) is 7.56. The van der Waals surface area contributed by atoms with E-state index in [2.05, 4.69) is 4.98 Å². The zero-order valence-corrected chi connectivity index (χ0v) is 7.00. The highest BCUT2D eigenvalue weighted by Gasteiger charge is 1.99. The lowest BCUT2D eigenvalue weighted by molar-refractivity contribution is 0.112. The van der Waals surface area contributed by atoms with Crippen molar-refractivity contribution >= 4 is 28.9 Å². The summed E-state index contributed by atoms with van der Waals surface area (Å²) < 4.78 is 12.8. The van der Waals surface area contributed by atoms with Gasteiger partial charge in [0.15, 0.2) is 12.1 Å². The van der Waals surface area contributed by atoms with E-state index in [0.29, 0.717) is 6.29 Å². The number of nitrogens with zero attached hydrogens (tertiary/aromatic N) is 1. The second-order valence-electron chi connectivity index (χ2n) is 1.66. The van der Waals surface area contributed by atoms with Gasteiger partial charge in [0.25, 0.3) is 0 Å². The number of pyridine rings is 1. The van der Waals surface area contributed by atoms with E-state index >= 15 is 0 Å². The van der Waals surface area contributed by atoms with Crippen LogP contribution in [-0.2, 0) is 0 Å². The van der Waals surface area contributed by atoms with Crippen LogP contribution in [0.25, 0.3) is 0 Å². The molecule has 0 amide bonds.